The molecule has 5 rings (SSSR count). The maximum atomic E-state index is 13.3. The van der Waals surface area contributed by atoms with Gasteiger partial charge in [0.05, 0.1) is 26.8 Å². The van der Waals surface area contributed by atoms with Crippen molar-refractivity contribution in [1.82, 2.24) is 19.9 Å². The van der Waals surface area contributed by atoms with Crippen molar-refractivity contribution in [2.75, 3.05) is 12.3 Å². The average Bonchev–Trinajstić information content (AvgIpc) is 3.10. The van der Waals surface area contributed by atoms with Gasteiger partial charge in [0.2, 0.25) is 0 Å². The molecule has 0 saturated carbocycles. The second-order valence-corrected chi connectivity index (χ2v) is 9.01. The van der Waals surface area contributed by atoms with Crippen LogP contribution in [0.15, 0.2) is 54.1 Å². The van der Waals surface area contributed by atoms with Crippen LogP contribution in [0, 0.1) is 0 Å². The van der Waals surface area contributed by atoms with Crippen LogP contribution in [0.1, 0.15) is 42.5 Å². The number of benzene rings is 2. The van der Waals surface area contributed by atoms with Crippen LogP contribution in [0.5, 0.6) is 0 Å². The standard InChI is InChI=1S/C25H23Cl2N5O/c26-17-11-10-16(14-18(17)27)32-23(28)21(25(33)29-13-12-15-6-2-1-3-7-15)22-24(32)31-20-9-5-4-8-19(20)30-22/h4-6,8-11,14H,1-3,7,12-13,28H2,(H,29,33). The Morgan fingerprint density at radius 1 is 1.06 bits per heavy atom. The topological polar surface area (TPSA) is 85.8 Å². The van der Waals surface area contributed by atoms with Crippen molar-refractivity contribution >= 4 is 57.1 Å². The summed E-state index contributed by atoms with van der Waals surface area (Å²) in [5, 5.41) is 3.84. The highest BCUT2D eigenvalue weighted by Gasteiger charge is 2.25. The van der Waals surface area contributed by atoms with Crippen LogP contribution in [0.3, 0.4) is 0 Å². The third-order valence-electron chi connectivity index (χ3n) is 6.00. The number of nitrogen functional groups attached to an aromatic ring is 1. The number of nitrogens with one attached hydrogen (secondary N) is 1. The quantitative estimate of drug-likeness (QED) is 0.339. The molecule has 0 radical (unpaired) electrons. The number of aromatic nitrogens is 3. The number of carbonyl (C=O) groups is 1. The SMILES string of the molecule is Nc1c(C(=O)NCCC2=CCCCC2)c2nc3ccccc3nc2n1-c1ccc(Cl)c(Cl)c1. The molecular formula is C25H23Cl2N5O. The zero-order chi connectivity index (χ0) is 22.9. The van der Waals surface area contributed by atoms with Gasteiger partial charge in [-0.2, -0.15) is 0 Å². The highest BCUT2D eigenvalue weighted by Crippen LogP contribution is 2.33. The molecule has 1 aliphatic rings. The second kappa shape index (κ2) is 9.04. The minimum Gasteiger partial charge on any atom is -0.384 e. The normalized spacial score (nSPS) is 13.9. The Bertz CT molecular complexity index is 1410. The van der Waals surface area contributed by atoms with Gasteiger partial charge in [-0.15, -0.1) is 0 Å². The zero-order valence-corrected chi connectivity index (χ0v) is 19.5. The van der Waals surface area contributed by atoms with Gasteiger partial charge in [-0.3, -0.25) is 9.36 Å². The number of rotatable bonds is 5. The number of hydrogen-bond acceptors (Lipinski definition) is 4. The molecule has 33 heavy (non-hydrogen) atoms. The van der Waals surface area contributed by atoms with Crippen LogP contribution in [-0.4, -0.2) is 27.0 Å². The van der Waals surface area contributed by atoms with Gasteiger partial charge >= 0.3 is 0 Å². The Morgan fingerprint density at radius 3 is 2.58 bits per heavy atom. The van der Waals surface area contributed by atoms with Crippen LogP contribution in [-0.2, 0) is 0 Å². The smallest absolute Gasteiger partial charge is 0.257 e. The highest BCUT2D eigenvalue weighted by molar-refractivity contribution is 6.42. The van der Waals surface area contributed by atoms with Crippen molar-refractivity contribution in [1.29, 1.82) is 0 Å². The van der Waals surface area contributed by atoms with Gasteiger partial charge in [-0.25, -0.2) is 9.97 Å². The first-order chi connectivity index (χ1) is 16.0. The molecule has 1 amide bonds. The number of hydrogen-bond donors (Lipinski definition) is 2. The van der Waals surface area contributed by atoms with E-state index in [9.17, 15) is 4.79 Å². The first kappa shape index (κ1) is 21.7. The summed E-state index contributed by atoms with van der Waals surface area (Å²) in [6.07, 6.45) is 7.81. The van der Waals surface area contributed by atoms with Crippen molar-refractivity contribution in [3.05, 3.63) is 69.7 Å². The summed E-state index contributed by atoms with van der Waals surface area (Å²) in [5.41, 5.74) is 11.3. The Labute approximate surface area is 201 Å². The second-order valence-electron chi connectivity index (χ2n) is 8.19. The summed E-state index contributed by atoms with van der Waals surface area (Å²) in [7, 11) is 0. The first-order valence-electron chi connectivity index (χ1n) is 11.0. The lowest BCUT2D eigenvalue weighted by atomic mass is 9.97. The van der Waals surface area contributed by atoms with Crippen molar-refractivity contribution in [2.45, 2.75) is 32.1 Å². The molecule has 4 aromatic rings. The number of nitrogens with two attached hydrogens (primary N) is 1. The van der Waals surface area contributed by atoms with E-state index in [0.29, 0.717) is 50.0 Å². The summed E-state index contributed by atoms with van der Waals surface area (Å²) >= 11 is 12.4. The van der Waals surface area contributed by atoms with Crippen molar-refractivity contribution in [3.8, 4) is 5.69 Å². The van der Waals surface area contributed by atoms with Gasteiger partial charge in [-0.05, 0) is 62.4 Å². The number of allylic oxidation sites excluding steroid dienone is 1. The molecule has 3 N–H and O–H groups in total. The monoisotopic (exact) mass is 479 g/mol. The highest BCUT2D eigenvalue weighted by atomic mass is 35.5. The summed E-state index contributed by atoms with van der Waals surface area (Å²) in [5.74, 6) is -0.00891. The lowest BCUT2D eigenvalue weighted by Crippen LogP contribution is -2.26. The number of para-hydroxylation sites is 2. The molecule has 0 saturated heterocycles. The van der Waals surface area contributed by atoms with E-state index >= 15 is 0 Å². The molecule has 2 aromatic carbocycles. The fourth-order valence-corrected chi connectivity index (χ4v) is 4.62. The maximum Gasteiger partial charge on any atom is 0.257 e. The van der Waals surface area contributed by atoms with Gasteiger partial charge in [-0.1, -0.05) is 47.0 Å². The predicted molar refractivity (Wildman–Crippen MR) is 134 cm³/mol. The molecule has 0 atom stereocenters. The Balaban J connectivity index is 1.59. The van der Waals surface area contributed by atoms with Gasteiger partial charge in [0.15, 0.2) is 5.65 Å². The fourth-order valence-electron chi connectivity index (χ4n) is 4.33. The van der Waals surface area contributed by atoms with Crippen molar-refractivity contribution in [3.63, 3.8) is 0 Å². The zero-order valence-electron chi connectivity index (χ0n) is 17.9. The van der Waals surface area contributed by atoms with Crippen LogP contribution >= 0.6 is 23.2 Å². The van der Waals surface area contributed by atoms with E-state index in [2.05, 4.69) is 11.4 Å². The summed E-state index contributed by atoms with van der Waals surface area (Å²) in [4.78, 5) is 22.8. The summed E-state index contributed by atoms with van der Waals surface area (Å²) in [6, 6.07) is 12.7. The van der Waals surface area contributed by atoms with Crippen LogP contribution in [0.25, 0.3) is 27.9 Å². The van der Waals surface area contributed by atoms with Gasteiger partial charge in [0, 0.05) is 6.54 Å². The molecule has 0 aliphatic heterocycles. The van der Waals surface area contributed by atoms with Gasteiger partial charge < -0.3 is 11.1 Å². The molecule has 1 aliphatic carbocycles. The molecule has 2 heterocycles. The minimum absolute atomic E-state index is 0.257. The molecule has 168 valence electrons. The van der Waals surface area contributed by atoms with E-state index in [-0.39, 0.29) is 11.7 Å². The number of anilines is 1. The largest absolute Gasteiger partial charge is 0.384 e. The lowest BCUT2D eigenvalue weighted by molar-refractivity contribution is 0.0956. The lowest BCUT2D eigenvalue weighted by Gasteiger charge is -2.13. The molecule has 6 nitrogen and oxygen atoms in total. The fraction of sp³-hybridized carbons (Fsp3) is 0.240. The summed E-state index contributed by atoms with van der Waals surface area (Å²) in [6.45, 7) is 0.546. The molecule has 0 bridgehead atoms. The van der Waals surface area contributed by atoms with Crippen LogP contribution in [0.2, 0.25) is 10.0 Å². The predicted octanol–water partition coefficient (Wildman–Crippen LogP) is 6.08. The molecule has 0 fully saturated rings. The van der Waals surface area contributed by atoms with E-state index in [1.54, 1.807) is 22.8 Å². The Kier molecular flexibility index (Phi) is 5.96. The van der Waals surface area contributed by atoms with Gasteiger partial charge in [0.25, 0.3) is 5.91 Å². The molecule has 0 spiro atoms. The Morgan fingerprint density at radius 2 is 1.85 bits per heavy atom. The minimum atomic E-state index is -0.266. The maximum absolute atomic E-state index is 13.3. The van der Waals surface area contributed by atoms with E-state index in [4.69, 9.17) is 38.9 Å². The molecule has 8 heteroatoms. The number of fused-ring (bicyclic) bond motifs is 2. The Hall–Kier alpha value is -3.09. The van der Waals surface area contributed by atoms with Crippen molar-refractivity contribution in [2.24, 2.45) is 0 Å². The first-order valence-corrected chi connectivity index (χ1v) is 11.8. The van der Waals surface area contributed by atoms with E-state index in [1.807, 2.05) is 24.3 Å². The van der Waals surface area contributed by atoms with Crippen molar-refractivity contribution < 1.29 is 4.79 Å². The molecule has 2 aromatic heterocycles. The summed E-state index contributed by atoms with van der Waals surface area (Å²) < 4.78 is 1.70. The number of nitrogens with zero attached hydrogens (tertiary/aromatic N) is 3. The number of carbonyl (C=O) groups excluding carboxylic acids is 1. The number of amides is 1. The van der Waals surface area contributed by atoms with E-state index < -0.39 is 0 Å². The third kappa shape index (κ3) is 4.16. The molecular weight excluding hydrogens is 457 g/mol. The van der Waals surface area contributed by atoms with Gasteiger partial charge in [0.1, 0.15) is 16.9 Å². The van der Waals surface area contributed by atoms with Crippen LogP contribution in [0.4, 0.5) is 5.82 Å². The number of halogens is 2. The van der Waals surface area contributed by atoms with Crippen LogP contribution < -0.4 is 11.1 Å². The van der Waals surface area contributed by atoms with E-state index in [0.717, 1.165) is 19.3 Å². The van der Waals surface area contributed by atoms with E-state index in [1.165, 1.54) is 18.4 Å². The third-order valence-corrected chi connectivity index (χ3v) is 6.74. The molecule has 0 unspecified atom stereocenters. The average molecular weight is 480 g/mol.